The fraction of sp³-hybridized carbons (Fsp3) is 0. The number of halogens is 2. The van der Waals surface area contributed by atoms with Crippen molar-refractivity contribution in [1.29, 1.82) is 0 Å². The maximum absolute atomic E-state index is 12.1. The van der Waals surface area contributed by atoms with Crippen LogP contribution in [0, 0.1) is 5.82 Å². The predicted molar refractivity (Wildman–Crippen MR) is 30.9 cm³/mol. The summed E-state index contributed by atoms with van der Waals surface area (Å²) in [5, 5.41) is 8.51. The fourth-order valence-electron chi connectivity index (χ4n) is 0.453. The van der Waals surface area contributed by atoms with Gasteiger partial charge in [0.2, 0.25) is 5.88 Å². The van der Waals surface area contributed by atoms with Crippen molar-refractivity contribution in [1.82, 2.24) is 4.98 Å². The van der Waals surface area contributed by atoms with Gasteiger partial charge in [-0.3, -0.25) is 0 Å². The second kappa shape index (κ2) is 2.19. The molecule has 4 heteroatoms. The average Bonchev–Trinajstić information content (AvgIpc) is 1.59. The lowest BCUT2D eigenvalue weighted by atomic mass is 10.5. The molecule has 0 saturated carbocycles. The Kier molecular flexibility index (Phi) is 1.53. The Morgan fingerprint density at radius 3 is 2.67 bits per heavy atom. The van der Waals surface area contributed by atoms with Crippen LogP contribution in [0.3, 0.4) is 0 Å². The van der Waals surface area contributed by atoms with E-state index in [4.69, 9.17) is 16.7 Å². The van der Waals surface area contributed by atoms with Crippen molar-refractivity contribution in [3.8, 4) is 5.88 Å². The molecular formula is C5H3ClFNO. The number of aromatic hydroxyl groups is 1. The summed E-state index contributed by atoms with van der Waals surface area (Å²) in [5.41, 5.74) is 0. The molecule has 0 fully saturated rings. The van der Waals surface area contributed by atoms with E-state index >= 15 is 0 Å². The lowest BCUT2D eigenvalue weighted by molar-refractivity contribution is 0.447. The molecule has 0 radical (unpaired) electrons. The highest BCUT2D eigenvalue weighted by Gasteiger charge is 1.96. The molecule has 1 heterocycles. The summed E-state index contributed by atoms with van der Waals surface area (Å²) in [7, 11) is 0. The van der Waals surface area contributed by atoms with Gasteiger partial charge in [0, 0.05) is 12.1 Å². The maximum Gasteiger partial charge on any atom is 0.215 e. The quantitative estimate of drug-likeness (QED) is 0.566. The lowest BCUT2D eigenvalue weighted by Gasteiger charge is -1.90. The molecule has 0 amide bonds. The van der Waals surface area contributed by atoms with Gasteiger partial charge in [-0.15, -0.1) is 0 Å². The molecule has 0 bridgehead atoms. The number of hydrogen-bond acceptors (Lipinski definition) is 2. The molecule has 1 aromatic rings. The van der Waals surface area contributed by atoms with Crippen LogP contribution in [0.15, 0.2) is 12.1 Å². The second-order valence-corrected chi connectivity index (χ2v) is 1.85. The van der Waals surface area contributed by atoms with E-state index in [2.05, 4.69) is 4.98 Å². The van der Waals surface area contributed by atoms with Crippen LogP contribution in [-0.4, -0.2) is 10.1 Å². The molecule has 0 aliphatic rings. The average molecular weight is 148 g/mol. The predicted octanol–water partition coefficient (Wildman–Crippen LogP) is 1.58. The summed E-state index contributed by atoms with van der Waals surface area (Å²) in [6.45, 7) is 0. The first-order valence-corrected chi connectivity index (χ1v) is 2.58. The molecule has 0 aliphatic heterocycles. The Balaban J connectivity index is 3.17. The van der Waals surface area contributed by atoms with Crippen molar-refractivity contribution < 1.29 is 9.50 Å². The summed E-state index contributed by atoms with van der Waals surface area (Å²) in [6, 6.07) is 1.90. The standard InChI is InChI=1S/C5H3ClFNO/c6-4-1-3(7)2-5(9)8-4/h1-2H,(H,8,9). The lowest BCUT2D eigenvalue weighted by Crippen LogP contribution is -1.78. The molecule has 0 aromatic carbocycles. The molecule has 48 valence electrons. The van der Waals surface area contributed by atoms with Crippen LogP contribution in [0.4, 0.5) is 4.39 Å². The van der Waals surface area contributed by atoms with E-state index < -0.39 is 11.7 Å². The van der Waals surface area contributed by atoms with Gasteiger partial charge in [0.25, 0.3) is 0 Å². The zero-order chi connectivity index (χ0) is 6.85. The van der Waals surface area contributed by atoms with Gasteiger partial charge in [-0.05, 0) is 0 Å². The zero-order valence-corrected chi connectivity index (χ0v) is 5.06. The Hall–Kier alpha value is -0.830. The van der Waals surface area contributed by atoms with Gasteiger partial charge in [-0.25, -0.2) is 9.37 Å². The molecular weight excluding hydrogens is 145 g/mol. The maximum atomic E-state index is 12.1. The molecule has 0 unspecified atom stereocenters. The van der Waals surface area contributed by atoms with Crippen LogP contribution in [-0.2, 0) is 0 Å². The molecule has 2 nitrogen and oxygen atoms in total. The van der Waals surface area contributed by atoms with E-state index in [0.717, 1.165) is 12.1 Å². The van der Waals surface area contributed by atoms with Crippen LogP contribution in [0.25, 0.3) is 0 Å². The van der Waals surface area contributed by atoms with Crippen molar-refractivity contribution in [2.75, 3.05) is 0 Å². The molecule has 9 heavy (non-hydrogen) atoms. The zero-order valence-electron chi connectivity index (χ0n) is 4.31. The second-order valence-electron chi connectivity index (χ2n) is 1.47. The SMILES string of the molecule is Oc1cc(F)cc(Cl)n1. The monoisotopic (exact) mass is 147 g/mol. The largest absolute Gasteiger partial charge is 0.493 e. The van der Waals surface area contributed by atoms with Crippen molar-refractivity contribution in [3.63, 3.8) is 0 Å². The minimum absolute atomic E-state index is 0.0486. The van der Waals surface area contributed by atoms with Crippen LogP contribution >= 0.6 is 11.6 Å². The van der Waals surface area contributed by atoms with Gasteiger partial charge >= 0.3 is 0 Å². The smallest absolute Gasteiger partial charge is 0.215 e. The number of hydrogen-bond donors (Lipinski definition) is 1. The van der Waals surface area contributed by atoms with Crippen LogP contribution in [0.1, 0.15) is 0 Å². The molecule has 0 spiro atoms. The van der Waals surface area contributed by atoms with Crippen molar-refractivity contribution in [2.45, 2.75) is 0 Å². The van der Waals surface area contributed by atoms with Crippen LogP contribution in [0.5, 0.6) is 5.88 Å². The number of rotatable bonds is 0. The third-order valence-corrected chi connectivity index (χ3v) is 0.939. The van der Waals surface area contributed by atoms with Gasteiger partial charge in [-0.1, -0.05) is 11.6 Å². The first-order chi connectivity index (χ1) is 4.18. The number of aromatic nitrogens is 1. The van der Waals surface area contributed by atoms with Gasteiger partial charge in [0.15, 0.2) is 0 Å². The third-order valence-electron chi connectivity index (χ3n) is 0.745. The van der Waals surface area contributed by atoms with Gasteiger partial charge < -0.3 is 5.11 Å². The van der Waals surface area contributed by atoms with Crippen LogP contribution < -0.4 is 0 Å². The van der Waals surface area contributed by atoms with E-state index in [1.807, 2.05) is 0 Å². The summed E-state index contributed by atoms with van der Waals surface area (Å²) < 4.78 is 12.1. The minimum Gasteiger partial charge on any atom is -0.493 e. The van der Waals surface area contributed by atoms with Crippen molar-refractivity contribution in [3.05, 3.63) is 23.1 Å². The minimum atomic E-state index is -0.590. The number of nitrogens with zero attached hydrogens (tertiary/aromatic N) is 1. The normalized spacial score (nSPS) is 9.56. The summed E-state index contributed by atoms with van der Waals surface area (Å²) in [6.07, 6.45) is 0. The topological polar surface area (TPSA) is 33.1 Å². The highest BCUT2D eigenvalue weighted by Crippen LogP contribution is 2.12. The molecule has 1 rings (SSSR count). The molecule has 0 atom stereocenters. The van der Waals surface area contributed by atoms with E-state index in [0.29, 0.717) is 0 Å². The first kappa shape index (κ1) is 6.29. The van der Waals surface area contributed by atoms with Crippen molar-refractivity contribution in [2.24, 2.45) is 0 Å². The summed E-state index contributed by atoms with van der Waals surface area (Å²) in [4.78, 5) is 3.32. The highest BCUT2D eigenvalue weighted by atomic mass is 35.5. The van der Waals surface area contributed by atoms with E-state index in [1.54, 1.807) is 0 Å². The highest BCUT2D eigenvalue weighted by molar-refractivity contribution is 6.29. The Bertz CT molecular complexity index is 178. The van der Waals surface area contributed by atoms with E-state index in [-0.39, 0.29) is 5.15 Å². The molecule has 1 N–H and O–H groups in total. The Labute approximate surface area is 55.9 Å². The van der Waals surface area contributed by atoms with Crippen molar-refractivity contribution >= 4 is 11.6 Å². The molecule has 1 aromatic heterocycles. The molecule has 0 aliphatic carbocycles. The third kappa shape index (κ3) is 1.54. The van der Waals surface area contributed by atoms with Crippen LogP contribution in [0.2, 0.25) is 5.15 Å². The first-order valence-electron chi connectivity index (χ1n) is 2.20. The number of pyridine rings is 1. The van der Waals surface area contributed by atoms with Gasteiger partial charge in [0.05, 0.1) is 0 Å². The van der Waals surface area contributed by atoms with Gasteiger partial charge in [-0.2, -0.15) is 0 Å². The summed E-state index contributed by atoms with van der Waals surface area (Å²) in [5.74, 6) is -0.993. The van der Waals surface area contributed by atoms with E-state index in [1.165, 1.54) is 0 Å². The van der Waals surface area contributed by atoms with E-state index in [9.17, 15) is 4.39 Å². The Morgan fingerprint density at radius 1 is 1.56 bits per heavy atom. The fourth-order valence-corrected chi connectivity index (χ4v) is 0.644. The summed E-state index contributed by atoms with van der Waals surface area (Å²) >= 11 is 5.24. The Morgan fingerprint density at radius 2 is 2.22 bits per heavy atom. The molecule has 0 saturated heterocycles. The van der Waals surface area contributed by atoms with Gasteiger partial charge in [0.1, 0.15) is 11.0 Å².